The number of benzene rings is 1. The molecule has 0 unspecified atom stereocenters. The summed E-state index contributed by atoms with van der Waals surface area (Å²) >= 11 is 0. The van der Waals surface area contributed by atoms with Crippen LogP contribution in [0.25, 0.3) is 0 Å². The lowest BCUT2D eigenvalue weighted by molar-refractivity contribution is -0.127. The molecule has 2 aliphatic rings. The highest BCUT2D eigenvalue weighted by Crippen LogP contribution is 2.39. The molecule has 3 rings (SSSR count). The fraction of sp³-hybridized carbons (Fsp3) is 0.611. The van der Waals surface area contributed by atoms with Gasteiger partial charge in [-0.05, 0) is 50.8 Å². The van der Waals surface area contributed by atoms with Gasteiger partial charge in [-0.1, -0.05) is 13.8 Å². The summed E-state index contributed by atoms with van der Waals surface area (Å²) in [6, 6.07) is 5.13. The molecule has 0 atom stereocenters. The van der Waals surface area contributed by atoms with Gasteiger partial charge in [0.15, 0.2) is 0 Å². The monoisotopic (exact) mass is 366 g/mol. The Labute approximate surface area is 149 Å². The first-order chi connectivity index (χ1) is 11.6. The third-order valence-electron chi connectivity index (χ3n) is 4.43. The minimum Gasteiger partial charge on any atom is -0.490 e. The van der Waals surface area contributed by atoms with Gasteiger partial charge in [0.1, 0.15) is 12.4 Å². The first-order valence-electron chi connectivity index (χ1n) is 8.70. The lowest BCUT2D eigenvalue weighted by Gasteiger charge is -2.29. The SMILES string of the molecule is CC(C)CN1C(=O)C(C)(C)COc2ccc(NS(=O)(=O)C3CC3)cc21. The van der Waals surface area contributed by atoms with Gasteiger partial charge in [-0.25, -0.2) is 8.42 Å². The number of carbonyl (C=O) groups is 1. The molecular weight excluding hydrogens is 340 g/mol. The van der Waals surface area contributed by atoms with Crippen molar-refractivity contribution < 1.29 is 17.9 Å². The van der Waals surface area contributed by atoms with Crippen LogP contribution < -0.4 is 14.4 Å². The van der Waals surface area contributed by atoms with Gasteiger partial charge in [0, 0.05) is 6.54 Å². The van der Waals surface area contributed by atoms with Crippen molar-refractivity contribution in [1.82, 2.24) is 0 Å². The number of nitrogens with one attached hydrogen (secondary N) is 1. The van der Waals surface area contributed by atoms with Crippen LogP contribution in [0.3, 0.4) is 0 Å². The van der Waals surface area contributed by atoms with Crippen molar-refractivity contribution in [1.29, 1.82) is 0 Å². The Balaban J connectivity index is 1.98. The van der Waals surface area contributed by atoms with Gasteiger partial charge in [-0.15, -0.1) is 0 Å². The molecule has 7 heteroatoms. The summed E-state index contributed by atoms with van der Waals surface area (Å²) in [5.74, 6) is 0.869. The van der Waals surface area contributed by atoms with Crippen LogP contribution >= 0.6 is 0 Å². The fourth-order valence-corrected chi connectivity index (χ4v) is 4.26. The Morgan fingerprint density at radius 1 is 1.32 bits per heavy atom. The molecule has 1 amide bonds. The van der Waals surface area contributed by atoms with E-state index in [0.717, 1.165) is 0 Å². The van der Waals surface area contributed by atoms with Crippen LogP contribution in [-0.4, -0.2) is 32.7 Å². The Morgan fingerprint density at radius 2 is 2.00 bits per heavy atom. The molecule has 6 nitrogen and oxygen atoms in total. The van der Waals surface area contributed by atoms with Crippen molar-refractivity contribution >= 4 is 27.3 Å². The van der Waals surface area contributed by atoms with Gasteiger partial charge >= 0.3 is 0 Å². The van der Waals surface area contributed by atoms with Crippen LogP contribution in [0.2, 0.25) is 0 Å². The number of hydrogen-bond donors (Lipinski definition) is 1. The fourth-order valence-electron chi connectivity index (χ4n) is 2.88. The van der Waals surface area contributed by atoms with E-state index in [1.807, 2.05) is 27.7 Å². The number of rotatable bonds is 5. The predicted molar refractivity (Wildman–Crippen MR) is 98.5 cm³/mol. The van der Waals surface area contributed by atoms with E-state index in [1.54, 1.807) is 23.1 Å². The zero-order valence-electron chi connectivity index (χ0n) is 15.2. The highest BCUT2D eigenvalue weighted by atomic mass is 32.2. The summed E-state index contributed by atoms with van der Waals surface area (Å²) in [7, 11) is -3.35. The smallest absolute Gasteiger partial charge is 0.236 e. The molecule has 0 bridgehead atoms. The number of amides is 1. The number of nitrogens with zero attached hydrogens (tertiary/aromatic N) is 1. The van der Waals surface area contributed by atoms with E-state index in [4.69, 9.17) is 4.74 Å². The van der Waals surface area contributed by atoms with Crippen LogP contribution in [0.5, 0.6) is 5.75 Å². The molecule has 1 aliphatic heterocycles. The second kappa shape index (κ2) is 6.20. The van der Waals surface area contributed by atoms with E-state index in [9.17, 15) is 13.2 Å². The molecule has 0 spiro atoms. The highest BCUT2D eigenvalue weighted by molar-refractivity contribution is 7.93. The average molecular weight is 366 g/mol. The van der Waals surface area contributed by atoms with Gasteiger partial charge in [-0.2, -0.15) is 0 Å². The molecule has 1 heterocycles. The van der Waals surface area contributed by atoms with Crippen LogP contribution in [-0.2, 0) is 14.8 Å². The highest BCUT2D eigenvalue weighted by Gasteiger charge is 2.39. The van der Waals surface area contributed by atoms with Gasteiger partial charge in [-0.3, -0.25) is 9.52 Å². The molecule has 1 aromatic carbocycles. The number of carbonyl (C=O) groups excluding carboxylic acids is 1. The third kappa shape index (κ3) is 3.76. The maximum atomic E-state index is 13.0. The Kier molecular flexibility index (Phi) is 4.47. The van der Waals surface area contributed by atoms with Gasteiger partial charge in [0.25, 0.3) is 0 Å². The largest absolute Gasteiger partial charge is 0.490 e. The molecule has 1 saturated carbocycles. The van der Waals surface area contributed by atoms with E-state index in [2.05, 4.69) is 4.72 Å². The number of sulfonamides is 1. The zero-order valence-corrected chi connectivity index (χ0v) is 16.0. The Bertz CT molecular complexity index is 782. The second-order valence-electron chi connectivity index (χ2n) is 8.01. The average Bonchev–Trinajstić information content (AvgIpc) is 3.35. The van der Waals surface area contributed by atoms with Crippen molar-refractivity contribution in [2.75, 3.05) is 22.8 Å². The van der Waals surface area contributed by atoms with Gasteiger partial charge < -0.3 is 9.64 Å². The second-order valence-corrected chi connectivity index (χ2v) is 9.97. The maximum absolute atomic E-state index is 13.0. The van der Waals surface area contributed by atoms with Crippen molar-refractivity contribution in [3.63, 3.8) is 0 Å². The molecule has 0 saturated heterocycles. The van der Waals surface area contributed by atoms with E-state index in [-0.39, 0.29) is 17.1 Å². The molecular formula is C18H26N2O4S. The summed E-state index contributed by atoms with van der Waals surface area (Å²) in [5, 5.41) is -0.296. The Morgan fingerprint density at radius 3 is 2.60 bits per heavy atom. The quantitative estimate of drug-likeness (QED) is 0.869. The molecule has 1 N–H and O–H groups in total. The minimum absolute atomic E-state index is 0.0119. The topological polar surface area (TPSA) is 75.7 Å². The standard InChI is InChI=1S/C18H26N2O4S/c1-12(2)10-20-15-9-13(19-25(22,23)14-6-7-14)5-8-16(15)24-11-18(3,4)17(20)21/h5,8-9,12,14,19H,6-7,10-11H2,1-4H3. The van der Waals surface area contributed by atoms with Crippen LogP contribution in [0.4, 0.5) is 11.4 Å². The van der Waals surface area contributed by atoms with E-state index in [0.29, 0.717) is 43.1 Å². The van der Waals surface area contributed by atoms with Crippen molar-refractivity contribution in [2.45, 2.75) is 45.8 Å². The normalized spacial score (nSPS) is 20.0. The van der Waals surface area contributed by atoms with Crippen LogP contribution in [0, 0.1) is 11.3 Å². The van der Waals surface area contributed by atoms with Crippen LogP contribution in [0.1, 0.15) is 40.5 Å². The number of anilines is 2. The first kappa shape index (κ1) is 18.0. The van der Waals surface area contributed by atoms with Crippen molar-refractivity contribution in [3.05, 3.63) is 18.2 Å². The first-order valence-corrected chi connectivity index (χ1v) is 10.3. The molecule has 1 aliphatic carbocycles. The molecule has 25 heavy (non-hydrogen) atoms. The van der Waals surface area contributed by atoms with Crippen molar-refractivity contribution in [2.24, 2.45) is 11.3 Å². The summed E-state index contributed by atoms with van der Waals surface area (Å²) < 4.78 is 32.9. The molecule has 0 aromatic heterocycles. The molecule has 1 fully saturated rings. The number of hydrogen-bond acceptors (Lipinski definition) is 4. The minimum atomic E-state index is -3.35. The Hall–Kier alpha value is -1.76. The number of fused-ring (bicyclic) bond motifs is 1. The van der Waals surface area contributed by atoms with Crippen molar-refractivity contribution in [3.8, 4) is 5.75 Å². The van der Waals surface area contributed by atoms with E-state index >= 15 is 0 Å². The summed E-state index contributed by atoms with van der Waals surface area (Å²) in [4.78, 5) is 14.7. The van der Waals surface area contributed by atoms with Gasteiger partial charge in [0.2, 0.25) is 15.9 Å². The lowest BCUT2D eigenvalue weighted by Crippen LogP contribution is -2.43. The number of ether oxygens (including phenoxy) is 1. The third-order valence-corrected chi connectivity index (χ3v) is 6.30. The maximum Gasteiger partial charge on any atom is 0.236 e. The summed E-state index contributed by atoms with van der Waals surface area (Å²) in [6.07, 6.45) is 1.41. The van der Waals surface area contributed by atoms with E-state index in [1.165, 1.54) is 0 Å². The predicted octanol–water partition coefficient (Wildman–Crippen LogP) is 3.00. The summed E-state index contributed by atoms with van der Waals surface area (Å²) in [5.41, 5.74) is 0.456. The van der Waals surface area contributed by atoms with Gasteiger partial charge in [0.05, 0.1) is 22.0 Å². The lowest BCUT2D eigenvalue weighted by atomic mass is 9.92. The zero-order chi connectivity index (χ0) is 18.4. The molecule has 1 aromatic rings. The van der Waals surface area contributed by atoms with E-state index < -0.39 is 15.4 Å². The molecule has 0 radical (unpaired) electrons. The van der Waals surface area contributed by atoms with Crippen LogP contribution in [0.15, 0.2) is 18.2 Å². The summed E-state index contributed by atoms with van der Waals surface area (Å²) in [6.45, 7) is 8.67. The molecule has 138 valence electrons.